The van der Waals surface area contributed by atoms with Crippen LogP contribution in [-0.2, 0) is 4.79 Å². The molecule has 2 nitrogen and oxygen atoms in total. The predicted octanol–water partition coefficient (Wildman–Crippen LogP) is 1.95. The van der Waals surface area contributed by atoms with Crippen molar-refractivity contribution < 1.29 is 4.79 Å². The largest absolute Gasteiger partial charge is 0.354 e. The Bertz CT molecular complexity index is 165. The van der Waals surface area contributed by atoms with Gasteiger partial charge in [0.1, 0.15) is 0 Å². The zero-order chi connectivity index (χ0) is 9.14. The van der Waals surface area contributed by atoms with Crippen molar-refractivity contribution in [3.05, 3.63) is 0 Å². The molecule has 0 aromatic carbocycles. The molecule has 70 valence electrons. The van der Waals surface area contributed by atoms with Crippen LogP contribution in [0.15, 0.2) is 0 Å². The van der Waals surface area contributed by atoms with Crippen molar-refractivity contribution in [2.45, 2.75) is 46.1 Å². The summed E-state index contributed by atoms with van der Waals surface area (Å²) in [7, 11) is 0. The fourth-order valence-corrected chi connectivity index (χ4v) is 1.93. The summed E-state index contributed by atoms with van der Waals surface area (Å²) in [5, 5.41) is 2.98. The van der Waals surface area contributed by atoms with Gasteiger partial charge in [-0.2, -0.15) is 0 Å². The lowest BCUT2D eigenvalue weighted by atomic mass is 9.97. The monoisotopic (exact) mass is 169 g/mol. The molecule has 1 aliphatic carbocycles. The number of carbonyl (C=O) groups excluding carboxylic acids is 1. The van der Waals surface area contributed by atoms with Gasteiger partial charge in [0.15, 0.2) is 0 Å². The van der Waals surface area contributed by atoms with Crippen molar-refractivity contribution in [1.29, 1.82) is 0 Å². The second kappa shape index (κ2) is 3.92. The first-order valence-corrected chi connectivity index (χ1v) is 4.91. The molecular formula is C10H19NO. The van der Waals surface area contributed by atoms with Crippen LogP contribution in [0.1, 0.15) is 40.0 Å². The van der Waals surface area contributed by atoms with Crippen LogP contribution < -0.4 is 5.32 Å². The first-order valence-electron chi connectivity index (χ1n) is 4.91. The van der Waals surface area contributed by atoms with E-state index in [9.17, 15) is 4.79 Å². The van der Waals surface area contributed by atoms with Crippen molar-refractivity contribution in [3.8, 4) is 0 Å². The Labute approximate surface area is 74.7 Å². The third kappa shape index (κ3) is 2.23. The van der Waals surface area contributed by atoms with Crippen molar-refractivity contribution in [2.24, 2.45) is 11.8 Å². The van der Waals surface area contributed by atoms with Crippen LogP contribution in [0.3, 0.4) is 0 Å². The maximum Gasteiger partial charge on any atom is 0.223 e. The highest BCUT2D eigenvalue weighted by Crippen LogP contribution is 2.31. The van der Waals surface area contributed by atoms with Gasteiger partial charge >= 0.3 is 0 Å². The number of carbonyl (C=O) groups is 1. The molecule has 1 N–H and O–H groups in total. The van der Waals surface area contributed by atoms with Crippen molar-refractivity contribution in [1.82, 2.24) is 5.32 Å². The second-order valence-electron chi connectivity index (χ2n) is 4.18. The van der Waals surface area contributed by atoms with Gasteiger partial charge in [0.25, 0.3) is 0 Å². The molecule has 0 bridgehead atoms. The van der Waals surface area contributed by atoms with E-state index in [2.05, 4.69) is 12.2 Å². The third-order valence-corrected chi connectivity index (χ3v) is 2.63. The van der Waals surface area contributed by atoms with Crippen LogP contribution in [0.25, 0.3) is 0 Å². The molecule has 1 aliphatic rings. The Morgan fingerprint density at radius 2 is 2.08 bits per heavy atom. The summed E-state index contributed by atoms with van der Waals surface area (Å²) in [4.78, 5) is 11.6. The Morgan fingerprint density at radius 3 is 2.50 bits per heavy atom. The summed E-state index contributed by atoms with van der Waals surface area (Å²) in [5.74, 6) is 1.13. The molecule has 0 aromatic heterocycles. The van der Waals surface area contributed by atoms with E-state index in [-0.39, 0.29) is 17.9 Å². The fourth-order valence-electron chi connectivity index (χ4n) is 1.93. The molecule has 0 unspecified atom stereocenters. The van der Waals surface area contributed by atoms with Gasteiger partial charge in [-0.05, 0) is 32.6 Å². The second-order valence-corrected chi connectivity index (χ2v) is 4.18. The Kier molecular flexibility index (Phi) is 3.12. The smallest absolute Gasteiger partial charge is 0.223 e. The molecule has 2 atom stereocenters. The Hall–Kier alpha value is -0.530. The summed E-state index contributed by atoms with van der Waals surface area (Å²) in [6, 6.07) is 0.283. The van der Waals surface area contributed by atoms with Crippen molar-refractivity contribution in [3.63, 3.8) is 0 Å². The SMILES string of the molecule is CC(C)NC(=O)[C@H]1CCC[C@H]1C. The van der Waals surface area contributed by atoms with Crippen molar-refractivity contribution >= 4 is 5.91 Å². The first kappa shape index (κ1) is 9.56. The maximum absolute atomic E-state index is 11.6. The van der Waals surface area contributed by atoms with Crippen LogP contribution in [0, 0.1) is 11.8 Å². The normalized spacial score (nSPS) is 29.3. The average molecular weight is 169 g/mol. The van der Waals surface area contributed by atoms with Gasteiger partial charge < -0.3 is 5.32 Å². The zero-order valence-electron chi connectivity index (χ0n) is 8.26. The van der Waals surface area contributed by atoms with Gasteiger partial charge in [0.05, 0.1) is 0 Å². The Balaban J connectivity index is 2.41. The summed E-state index contributed by atoms with van der Waals surface area (Å²) < 4.78 is 0. The molecule has 1 rings (SSSR count). The minimum absolute atomic E-state index is 0.259. The third-order valence-electron chi connectivity index (χ3n) is 2.63. The number of amides is 1. The predicted molar refractivity (Wildman–Crippen MR) is 49.8 cm³/mol. The quantitative estimate of drug-likeness (QED) is 0.672. The lowest BCUT2D eigenvalue weighted by Crippen LogP contribution is -2.36. The number of rotatable bonds is 2. The molecule has 1 fully saturated rings. The van der Waals surface area contributed by atoms with E-state index in [1.165, 1.54) is 12.8 Å². The van der Waals surface area contributed by atoms with E-state index in [1.54, 1.807) is 0 Å². The van der Waals surface area contributed by atoms with Gasteiger partial charge in [-0.3, -0.25) is 4.79 Å². The highest BCUT2D eigenvalue weighted by Gasteiger charge is 2.29. The molecule has 12 heavy (non-hydrogen) atoms. The molecule has 0 aliphatic heterocycles. The van der Waals surface area contributed by atoms with Gasteiger partial charge in [-0.1, -0.05) is 13.3 Å². The summed E-state index contributed by atoms with van der Waals surface area (Å²) in [6.45, 7) is 6.20. The van der Waals surface area contributed by atoms with E-state index in [0.29, 0.717) is 5.92 Å². The van der Waals surface area contributed by atoms with Gasteiger partial charge in [0.2, 0.25) is 5.91 Å². The summed E-state index contributed by atoms with van der Waals surface area (Å²) >= 11 is 0. The average Bonchev–Trinajstić information content (AvgIpc) is 2.33. The van der Waals surface area contributed by atoms with Crippen LogP contribution in [0.2, 0.25) is 0 Å². The van der Waals surface area contributed by atoms with Crippen LogP contribution in [0.5, 0.6) is 0 Å². The number of hydrogen-bond donors (Lipinski definition) is 1. The lowest BCUT2D eigenvalue weighted by Gasteiger charge is -2.16. The van der Waals surface area contributed by atoms with Crippen molar-refractivity contribution in [2.75, 3.05) is 0 Å². The van der Waals surface area contributed by atoms with Gasteiger partial charge in [-0.25, -0.2) is 0 Å². The molecule has 0 radical (unpaired) electrons. The van der Waals surface area contributed by atoms with E-state index in [4.69, 9.17) is 0 Å². The van der Waals surface area contributed by atoms with E-state index in [0.717, 1.165) is 6.42 Å². The van der Waals surface area contributed by atoms with E-state index in [1.807, 2.05) is 13.8 Å². The maximum atomic E-state index is 11.6. The van der Waals surface area contributed by atoms with Crippen LogP contribution in [0.4, 0.5) is 0 Å². The van der Waals surface area contributed by atoms with Gasteiger partial charge in [0, 0.05) is 12.0 Å². The van der Waals surface area contributed by atoms with Gasteiger partial charge in [-0.15, -0.1) is 0 Å². The first-order chi connectivity index (χ1) is 5.61. The minimum atomic E-state index is 0.259. The number of hydrogen-bond acceptors (Lipinski definition) is 1. The highest BCUT2D eigenvalue weighted by molar-refractivity contribution is 5.79. The summed E-state index contributed by atoms with van der Waals surface area (Å²) in [5.41, 5.74) is 0. The molecular weight excluding hydrogens is 150 g/mol. The molecule has 2 heteroatoms. The fraction of sp³-hybridized carbons (Fsp3) is 0.900. The Morgan fingerprint density at radius 1 is 1.42 bits per heavy atom. The molecule has 0 aromatic rings. The highest BCUT2D eigenvalue weighted by atomic mass is 16.1. The lowest BCUT2D eigenvalue weighted by molar-refractivity contribution is -0.126. The molecule has 0 heterocycles. The standard InChI is InChI=1S/C10H19NO/c1-7(2)11-10(12)9-6-4-5-8(9)3/h7-9H,4-6H2,1-3H3,(H,11,12)/t8-,9+/m1/s1. The zero-order valence-corrected chi connectivity index (χ0v) is 8.26. The van der Waals surface area contributed by atoms with Crippen LogP contribution >= 0.6 is 0 Å². The van der Waals surface area contributed by atoms with E-state index < -0.39 is 0 Å². The number of nitrogens with one attached hydrogen (secondary N) is 1. The summed E-state index contributed by atoms with van der Waals surface area (Å²) in [6.07, 6.45) is 3.52. The molecule has 1 amide bonds. The van der Waals surface area contributed by atoms with E-state index >= 15 is 0 Å². The molecule has 0 saturated heterocycles. The molecule has 0 spiro atoms. The molecule has 1 saturated carbocycles. The minimum Gasteiger partial charge on any atom is -0.354 e. The topological polar surface area (TPSA) is 29.1 Å². The van der Waals surface area contributed by atoms with Crippen LogP contribution in [-0.4, -0.2) is 11.9 Å².